The van der Waals surface area contributed by atoms with Crippen LogP contribution >= 0.6 is 11.8 Å². The molecule has 1 atom stereocenters. The summed E-state index contributed by atoms with van der Waals surface area (Å²) in [7, 11) is 0. The van der Waals surface area contributed by atoms with Crippen LogP contribution < -0.4 is 0 Å². The topological polar surface area (TPSA) is 77.7 Å². The van der Waals surface area contributed by atoms with Crippen LogP contribution in [0.25, 0.3) is 0 Å². The molecule has 0 bridgehead atoms. The number of carbonyl (C=O) groups excluding carboxylic acids is 1. The van der Waals surface area contributed by atoms with Crippen LogP contribution in [-0.4, -0.2) is 53.5 Å². The number of ether oxygens (including phenoxy) is 2. The van der Waals surface area contributed by atoms with Crippen LogP contribution in [-0.2, 0) is 15.2 Å². The second-order valence-electron chi connectivity index (χ2n) is 6.78. The highest BCUT2D eigenvalue weighted by Crippen LogP contribution is 2.29. The van der Waals surface area contributed by atoms with Gasteiger partial charge in [-0.3, -0.25) is 4.79 Å². The van der Waals surface area contributed by atoms with Gasteiger partial charge in [-0.1, -0.05) is 17.3 Å². The third-order valence-electron chi connectivity index (χ3n) is 4.82. The second-order valence-corrected chi connectivity index (χ2v) is 7.80. The van der Waals surface area contributed by atoms with Gasteiger partial charge >= 0.3 is 0 Å². The van der Waals surface area contributed by atoms with E-state index < -0.39 is 0 Å². The minimum atomic E-state index is -0.174. The Morgan fingerprint density at radius 2 is 2.11 bits per heavy atom. The summed E-state index contributed by atoms with van der Waals surface area (Å²) in [4.78, 5) is 20.3. The largest absolute Gasteiger partial charge is 0.350 e. The number of rotatable bonds is 5. The lowest BCUT2D eigenvalue weighted by Crippen LogP contribution is -2.44. The molecule has 0 radical (unpaired) electrons. The maximum absolute atomic E-state index is 13.2. The lowest BCUT2D eigenvalue weighted by Gasteiger charge is -2.35. The van der Waals surface area contributed by atoms with Gasteiger partial charge in [0.05, 0.1) is 24.5 Å². The molecule has 2 saturated heterocycles. The predicted molar refractivity (Wildman–Crippen MR) is 99.4 cm³/mol. The van der Waals surface area contributed by atoms with Gasteiger partial charge in [-0.2, -0.15) is 4.98 Å². The third-order valence-corrected chi connectivity index (χ3v) is 5.89. The number of piperidine rings is 1. The van der Waals surface area contributed by atoms with Crippen LogP contribution in [0.15, 0.2) is 33.7 Å². The molecule has 0 N–H and O–H groups in total. The van der Waals surface area contributed by atoms with Crippen molar-refractivity contribution in [2.75, 3.05) is 26.3 Å². The number of thioether (sulfide) groups is 1. The third kappa shape index (κ3) is 4.34. The van der Waals surface area contributed by atoms with E-state index in [1.54, 1.807) is 18.7 Å². The van der Waals surface area contributed by atoms with Crippen LogP contribution in [0, 0.1) is 12.8 Å². The molecule has 1 aromatic carbocycles. The molecule has 2 aliphatic heterocycles. The smallest absolute Gasteiger partial charge is 0.255 e. The predicted octanol–water partition coefficient (Wildman–Crippen LogP) is 2.90. The number of aryl methyl sites for hydroxylation is 1. The van der Waals surface area contributed by atoms with Crippen molar-refractivity contribution < 1.29 is 18.8 Å². The molecule has 7 nitrogen and oxygen atoms in total. The minimum absolute atomic E-state index is 0.0603. The average Bonchev–Trinajstić information content (AvgIpc) is 3.38. The zero-order chi connectivity index (χ0) is 18.6. The summed E-state index contributed by atoms with van der Waals surface area (Å²) in [5.74, 6) is 2.05. The van der Waals surface area contributed by atoms with E-state index in [0.29, 0.717) is 37.2 Å². The van der Waals surface area contributed by atoms with Gasteiger partial charge in [0.1, 0.15) is 0 Å². The summed E-state index contributed by atoms with van der Waals surface area (Å²) in [5.41, 5.74) is 0.719. The summed E-state index contributed by atoms with van der Waals surface area (Å²) in [6.45, 7) is 4.50. The molecule has 0 spiro atoms. The van der Waals surface area contributed by atoms with Gasteiger partial charge in [-0.25, -0.2) is 0 Å². The lowest BCUT2D eigenvalue weighted by atomic mass is 9.96. The normalized spacial score (nSPS) is 20.9. The fourth-order valence-corrected chi connectivity index (χ4v) is 4.43. The van der Waals surface area contributed by atoms with Gasteiger partial charge in [-0.05, 0) is 25.0 Å². The summed E-state index contributed by atoms with van der Waals surface area (Å²) >= 11 is 1.55. The first kappa shape index (κ1) is 18.5. The summed E-state index contributed by atoms with van der Waals surface area (Å²) in [6, 6.07) is 7.70. The van der Waals surface area contributed by atoms with Crippen LogP contribution in [0.5, 0.6) is 0 Å². The molecule has 2 aromatic rings. The van der Waals surface area contributed by atoms with Crippen molar-refractivity contribution in [3.05, 3.63) is 41.5 Å². The minimum Gasteiger partial charge on any atom is -0.350 e. The number of likely N-dealkylation sites (tertiary alicyclic amines) is 1. The molecule has 0 aliphatic carbocycles. The highest BCUT2D eigenvalue weighted by Gasteiger charge is 2.33. The average molecular weight is 389 g/mol. The molecule has 2 aliphatic rings. The Bertz CT molecular complexity index is 791. The van der Waals surface area contributed by atoms with Crippen molar-refractivity contribution in [3.63, 3.8) is 0 Å². The number of carbonyl (C=O) groups is 1. The van der Waals surface area contributed by atoms with Crippen LogP contribution in [0.2, 0.25) is 0 Å². The van der Waals surface area contributed by atoms with Crippen molar-refractivity contribution in [2.24, 2.45) is 5.92 Å². The van der Waals surface area contributed by atoms with Crippen LogP contribution in [0.3, 0.4) is 0 Å². The molecular formula is C19H23N3O4S. The Morgan fingerprint density at radius 3 is 2.89 bits per heavy atom. The number of nitrogens with zero attached hydrogens (tertiary/aromatic N) is 3. The molecule has 2 fully saturated rings. The summed E-state index contributed by atoms with van der Waals surface area (Å²) in [5, 5.41) is 3.92. The number of hydrogen-bond acceptors (Lipinski definition) is 7. The molecule has 3 heterocycles. The Balaban J connectivity index is 1.44. The van der Waals surface area contributed by atoms with E-state index >= 15 is 0 Å². The van der Waals surface area contributed by atoms with Crippen molar-refractivity contribution in [2.45, 2.75) is 36.7 Å². The maximum Gasteiger partial charge on any atom is 0.255 e. The van der Waals surface area contributed by atoms with E-state index in [4.69, 9.17) is 14.0 Å². The van der Waals surface area contributed by atoms with E-state index in [0.717, 1.165) is 29.8 Å². The molecule has 27 heavy (non-hydrogen) atoms. The van der Waals surface area contributed by atoms with Gasteiger partial charge in [-0.15, -0.1) is 11.8 Å². The van der Waals surface area contributed by atoms with Crippen molar-refractivity contribution in [1.82, 2.24) is 15.0 Å². The van der Waals surface area contributed by atoms with Gasteiger partial charge in [0.15, 0.2) is 12.1 Å². The molecular weight excluding hydrogens is 366 g/mol. The SMILES string of the molecule is Cc1nc(CSc2ccccc2C(=O)N2CCCC(C3OCCO3)C2)no1. The second kappa shape index (κ2) is 8.41. The number of amides is 1. The highest BCUT2D eigenvalue weighted by molar-refractivity contribution is 7.98. The van der Waals surface area contributed by atoms with E-state index in [-0.39, 0.29) is 18.1 Å². The molecule has 1 aromatic heterocycles. The van der Waals surface area contributed by atoms with Crippen LogP contribution in [0.4, 0.5) is 0 Å². The zero-order valence-electron chi connectivity index (χ0n) is 15.3. The number of aromatic nitrogens is 2. The Morgan fingerprint density at radius 1 is 1.30 bits per heavy atom. The first-order valence-electron chi connectivity index (χ1n) is 9.24. The Kier molecular flexibility index (Phi) is 5.75. The van der Waals surface area contributed by atoms with Crippen molar-refractivity contribution >= 4 is 17.7 Å². The van der Waals surface area contributed by atoms with Crippen molar-refractivity contribution in [3.8, 4) is 0 Å². The summed E-state index contributed by atoms with van der Waals surface area (Å²) in [6.07, 6.45) is 1.82. The van der Waals surface area contributed by atoms with Crippen molar-refractivity contribution in [1.29, 1.82) is 0 Å². The first-order valence-corrected chi connectivity index (χ1v) is 10.2. The standard InChI is InChI=1S/C19H23N3O4S/c1-13-20-17(21-26-13)12-27-16-7-3-2-6-15(16)18(23)22-8-4-5-14(11-22)19-24-9-10-25-19/h2-3,6-7,14,19H,4-5,8-12H2,1H3. The van der Waals surface area contributed by atoms with E-state index in [9.17, 15) is 4.79 Å². The van der Waals surface area contributed by atoms with Gasteiger partial charge in [0.25, 0.3) is 5.91 Å². The lowest BCUT2D eigenvalue weighted by molar-refractivity contribution is -0.0969. The quantitative estimate of drug-likeness (QED) is 0.728. The molecule has 1 amide bonds. The fraction of sp³-hybridized carbons (Fsp3) is 0.526. The molecule has 1 unspecified atom stereocenters. The zero-order valence-corrected chi connectivity index (χ0v) is 16.1. The van der Waals surface area contributed by atoms with Gasteiger partial charge < -0.3 is 18.9 Å². The number of hydrogen-bond donors (Lipinski definition) is 0. The Labute approximate surface area is 162 Å². The maximum atomic E-state index is 13.2. The van der Waals surface area contributed by atoms with E-state index in [1.165, 1.54) is 0 Å². The molecule has 0 saturated carbocycles. The fourth-order valence-electron chi connectivity index (χ4n) is 3.55. The molecule has 4 rings (SSSR count). The number of benzene rings is 1. The molecule has 144 valence electrons. The Hall–Kier alpha value is -1.90. The van der Waals surface area contributed by atoms with E-state index in [1.807, 2.05) is 29.2 Å². The van der Waals surface area contributed by atoms with E-state index in [2.05, 4.69) is 10.1 Å². The summed E-state index contributed by atoms with van der Waals surface area (Å²) < 4.78 is 16.3. The first-order chi connectivity index (χ1) is 13.2. The van der Waals surface area contributed by atoms with Gasteiger partial charge in [0, 0.05) is 30.8 Å². The monoisotopic (exact) mass is 389 g/mol. The molecule has 8 heteroatoms. The van der Waals surface area contributed by atoms with Gasteiger partial charge in [0.2, 0.25) is 5.89 Å². The highest BCUT2D eigenvalue weighted by atomic mass is 32.2. The van der Waals surface area contributed by atoms with Crippen LogP contribution in [0.1, 0.15) is 34.9 Å².